The van der Waals surface area contributed by atoms with E-state index in [0.29, 0.717) is 13.2 Å². The van der Waals surface area contributed by atoms with Gasteiger partial charge in [0.1, 0.15) is 12.4 Å². The minimum atomic E-state index is 0.583. The highest BCUT2D eigenvalue weighted by atomic mass is 16.5. The predicted molar refractivity (Wildman–Crippen MR) is 80.5 cm³/mol. The predicted octanol–water partition coefficient (Wildman–Crippen LogP) is 4.02. The molecule has 0 saturated heterocycles. The SMILES string of the molecule is CCCCCCCCOCCOc1cccc(N)c1. The van der Waals surface area contributed by atoms with E-state index in [9.17, 15) is 0 Å². The first-order valence-corrected chi connectivity index (χ1v) is 7.39. The Morgan fingerprint density at radius 1 is 0.947 bits per heavy atom. The minimum absolute atomic E-state index is 0.583. The van der Waals surface area contributed by atoms with Crippen molar-refractivity contribution < 1.29 is 9.47 Å². The molecule has 0 unspecified atom stereocenters. The number of hydrogen-bond acceptors (Lipinski definition) is 3. The largest absolute Gasteiger partial charge is 0.491 e. The van der Waals surface area contributed by atoms with Crippen molar-refractivity contribution in [3.05, 3.63) is 24.3 Å². The van der Waals surface area contributed by atoms with Gasteiger partial charge < -0.3 is 15.2 Å². The van der Waals surface area contributed by atoms with Crippen molar-refractivity contribution in [1.82, 2.24) is 0 Å². The zero-order valence-electron chi connectivity index (χ0n) is 12.1. The van der Waals surface area contributed by atoms with Crippen LogP contribution in [0.1, 0.15) is 45.4 Å². The van der Waals surface area contributed by atoms with Crippen LogP contribution in [-0.4, -0.2) is 19.8 Å². The summed E-state index contributed by atoms with van der Waals surface area (Å²) in [6.45, 7) is 4.30. The summed E-state index contributed by atoms with van der Waals surface area (Å²) in [6, 6.07) is 7.47. The van der Waals surface area contributed by atoms with E-state index in [-0.39, 0.29) is 0 Å². The van der Waals surface area contributed by atoms with Crippen molar-refractivity contribution in [2.45, 2.75) is 45.4 Å². The maximum atomic E-state index is 5.67. The summed E-state index contributed by atoms with van der Waals surface area (Å²) >= 11 is 0. The topological polar surface area (TPSA) is 44.5 Å². The highest BCUT2D eigenvalue weighted by Gasteiger charge is 1.95. The Morgan fingerprint density at radius 2 is 1.74 bits per heavy atom. The van der Waals surface area contributed by atoms with Gasteiger partial charge in [0.2, 0.25) is 0 Å². The Labute approximate surface area is 117 Å². The van der Waals surface area contributed by atoms with E-state index < -0.39 is 0 Å². The molecule has 0 amide bonds. The van der Waals surface area contributed by atoms with Gasteiger partial charge in [-0.1, -0.05) is 45.1 Å². The Morgan fingerprint density at radius 3 is 2.53 bits per heavy atom. The monoisotopic (exact) mass is 265 g/mol. The van der Waals surface area contributed by atoms with Crippen molar-refractivity contribution in [2.24, 2.45) is 0 Å². The second-order valence-electron chi connectivity index (χ2n) is 4.80. The standard InChI is InChI=1S/C16H27NO2/c1-2-3-4-5-6-7-11-18-12-13-19-16-10-8-9-15(17)14-16/h8-10,14H,2-7,11-13,17H2,1H3. The molecule has 2 N–H and O–H groups in total. The van der Waals surface area contributed by atoms with E-state index >= 15 is 0 Å². The zero-order chi connectivity index (χ0) is 13.8. The molecule has 0 fully saturated rings. The first kappa shape index (κ1) is 15.8. The van der Waals surface area contributed by atoms with Crippen molar-refractivity contribution in [3.63, 3.8) is 0 Å². The fraction of sp³-hybridized carbons (Fsp3) is 0.625. The summed E-state index contributed by atoms with van der Waals surface area (Å²) in [5, 5.41) is 0. The molecule has 108 valence electrons. The van der Waals surface area contributed by atoms with E-state index in [1.807, 2.05) is 24.3 Å². The van der Waals surface area contributed by atoms with Crippen LogP contribution in [0.4, 0.5) is 5.69 Å². The van der Waals surface area contributed by atoms with Gasteiger partial charge in [0.25, 0.3) is 0 Å². The fourth-order valence-electron chi connectivity index (χ4n) is 1.91. The Bertz CT molecular complexity index is 328. The van der Waals surface area contributed by atoms with Gasteiger partial charge in [-0.25, -0.2) is 0 Å². The third-order valence-corrected chi connectivity index (χ3v) is 3.00. The van der Waals surface area contributed by atoms with Crippen LogP contribution in [0.5, 0.6) is 5.75 Å². The normalized spacial score (nSPS) is 10.6. The van der Waals surface area contributed by atoms with Gasteiger partial charge in [-0.3, -0.25) is 0 Å². The number of benzene rings is 1. The summed E-state index contributed by atoms with van der Waals surface area (Å²) in [4.78, 5) is 0. The maximum absolute atomic E-state index is 5.67. The lowest BCUT2D eigenvalue weighted by atomic mass is 10.1. The molecule has 0 spiro atoms. The lowest BCUT2D eigenvalue weighted by molar-refractivity contribution is 0.0971. The van der Waals surface area contributed by atoms with Crippen LogP contribution >= 0.6 is 0 Å². The molecule has 0 aliphatic heterocycles. The van der Waals surface area contributed by atoms with Gasteiger partial charge >= 0.3 is 0 Å². The van der Waals surface area contributed by atoms with Crippen LogP contribution in [0, 0.1) is 0 Å². The molecule has 0 aliphatic carbocycles. The molecular weight excluding hydrogens is 238 g/mol. The van der Waals surface area contributed by atoms with Crippen LogP contribution in [0.2, 0.25) is 0 Å². The summed E-state index contributed by atoms with van der Waals surface area (Å²) in [5.74, 6) is 0.808. The first-order valence-electron chi connectivity index (χ1n) is 7.39. The summed E-state index contributed by atoms with van der Waals surface area (Å²) in [7, 11) is 0. The van der Waals surface area contributed by atoms with Crippen LogP contribution in [0.3, 0.4) is 0 Å². The lowest BCUT2D eigenvalue weighted by Crippen LogP contribution is -2.07. The van der Waals surface area contributed by atoms with Gasteiger partial charge in [-0.2, -0.15) is 0 Å². The molecule has 0 atom stereocenters. The number of rotatable bonds is 11. The van der Waals surface area contributed by atoms with Crippen LogP contribution in [0.25, 0.3) is 0 Å². The number of nitrogen functional groups attached to an aromatic ring is 1. The van der Waals surface area contributed by atoms with Gasteiger partial charge in [0, 0.05) is 18.4 Å². The van der Waals surface area contributed by atoms with E-state index in [4.69, 9.17) is 15.2 Å². The molecule has 0 aliphatic rings. The van der Waals surface area contributed by atoms with Crippen molar-refractivity contribution in [2.75, 3.05) is 25.6 Å². The smallest absolute Gasteiger partial charge is 0.121 e. The van der Waals surface area contributed by atoms with Crippen LogP contribution in [-0.2, 0) is 4.74 Å². The van der Waals surface area contributed by atoms with Crippen molar-refractivity contribution in [3.8, 4) is 5.75 Å². The average Bonchev–Trinajstić information content (AvgIpc) is 2.41. The third kappa shape index (κ3) is 8.49. The highest BCUT2D eigenvalue weighted by molar-refractivity contribution is 5.43. The maximum Gasteiger partial charge on any atom is 0.121 e. The van der Waals surface area contributed by atoms with Gasteiger partial charge in [0.15, 0.2) is 0 Å². The molecule has 0 aromatic heterocycles. The quantitative estimate of drug-likeness (QED) is 0.485. The number of nitrogens with two attached hydrogens (primary N) is 1. The van der Waals surface area contributed by atoms with Crippen LogP contribution < -0.4 is 10.5 Å². The molecule has 1 rings (SSSR count). The van der Waals surface area contributed by atoms with E-state index in [2.05, 4.69) is 6.92 Å². The molecule has 0 bridgehead atoms. The Hall–Kier alpha value is -1.22. The molecule has 3 heteroatoms. The van der Waals surface area contributed by atoms with E-state index in [0.717, 1.165) is 24.5 Å². The van der Waals surface area contributed by atoms with Crippen molar-refractivity contribution >= 4 is 5.69 Å². The molecule has 1 aromatic rings. The molecule has 1 aromatic carbocycles. The van der Waals surface area contributed by atoms with Crippen LogP contribution in [0.15, 0.2) is 24.3 Å². The highest BCUT2D eigenvalue weighted by Crippen LogP contribution is 2.14. The second-order valence-corrected chi connectivity index (χ2v) is 4.80. The summed E-state index contributed by atoms with van der Waals surface area (Å²) in [6.07, 6.45) is 7.77. The molecule has 0 radical (unpaired) electrons. The minimum Gasteiger partial charge on any atom is -0.491 e. The van der Waals surface area contributed by atoms with E-state index in [1.165, 1.54) is 32.1 Å². The lowest BCUT2D eigenvalue weighted by Gasteiger charge is -2.07. The number of hydrogen-bond donors (Lipinski definition) is 1. The molecule has 0 saturated carbocycles. The number of ether oxygens (including phenoxy) is 2. The molecule has 0 heterocycles. The molecular formula is C16H27NO2. The molecule has 19 heavy (non-hydrogen) atoms. The van der Waals surface area contributed by atoms with Gasteiger partial charge in [-0.05, 0) is 18.6 Å². The van der Waals surface area contributed by atoms with Gasteiger partial charge in [-0.15, -0.1) is 0 Å². The summed E-state index contributed by atoms with van der Waals surface area (Å²) in [5.41, 5.74) is 6.39. The van der Waals surface area contributed by atoms with Crippen molar-refractivity contribution in [1.29, 1.82) is 0 Å². The summed E-state index contributed by atoms with van der Waals surface area (Å²) < 4.78 is 11.1. The Kier molecular flexibility index (Phi) is 8.90. The average molecular weight is 265 g/mol. The number of unbranched alkanes of at least 4 members (excludes halogenated alkanes) is 5. The zero-order valence-corrected chi connectivity index (χ0v) is 12.1. The second kappa shape index (κ2) is 10.7. The fourth-order valence-corrected chi connectivity index (χ4v) is 1.91. The third-order valence-electron chi connectivity index (χ3n) is 3.00. The molecule has 3 nitrogen and oxygen atoms in total. The number of anilines is 1. The van der Waals surface area contributed by atoms with Gasteiger partial charge in [0.05, 0.1) is 6.61 Å². The Balaban J connectivity index is 1.89. The first-order chi connectivity index (χ1) is 9.33. The van der Waals surface area contributed by atoms with E-state index in [1.54, 1.807) is 0 Å².